The number of H-pyrrole nitrogens is 1. The molecule has 3 amide bonds. The van der Waals surface area contributed by atoms with Gasteiger partial charge in [-0.25, -0.2) is 30.0 Å². The molecule has 0 bridgehead atoms. The molecule has 25 nitrogen and oxygen atoms in total. The Morgan fingerprint density at radius 3 is 2.08 bits per heavy atom. The number of piperazine rings is 1. The van der Waals surface area contributed by atoms with Crippen LogP contribution in [-0.4, -0.2) is 133 Å². The van der Waals surface area contributed by atoms with Gasteiger partial charge in [0.05, 0.1) is 61.9 Å². The molecule has 5 aromatic heterocycles. The fourth-order valence-electron chi connectivity index (χ4n) is 13.6. The van der Waals surface area contributed by atoms with Crippen LogP contribution in [0.4, 0.5) is 34.8 Å². The first kappa shape index (κ1) is 85.0. The van der Waals surface area contributed by atoms with E-state index < -0.39 is 0 Å². The molecule has 12 aromatic rings. The molecule has 1 aliphatic heterocycles. The van der Waals surface area contributed by atoms with Gasteiger partial charge in [0.1, 0.15) is 17.4 Å². The molecule has 1 fully saturated rings. The fourth-order valence-corrected chi connectivity index (χ4v) is 13.6. The second-order valence-corrected chi connectivity index (χ2v) is 30.0. The highest BCUT2D eigenvalue weighted by molar-refractivity contribution is 6.04. The van der Waals surface area contributed by atoms with Crippen LogP contribution in [0.1, 0.15) is 130 Å². The summed E-state index contributed by atoms with van der Waals surface area (Å²) >= 11 is 0. The van der Waals surface area contributed by atoms with Crippen LogP contribution in [0, 0.1) is 36.7 Å². The largest absolute Gasteiger partial charge is 0.493 e. The van der Waals surface area contributed by atoms with Crippen LogP contribution in [0.5, 0.6) is 17.2 Å². The van der Waals surface area contributed by atoms with Crippen molar-refractivity contribution in [3.8, 4) is 57.1 Å². The summed E-state index contributed by atoms with van der Waals surface area (Å²) in [4.78, 5) is 93.1. The van der Waals surface area contributed by atoms with Crippen molar-refractivity contribution in [2.45, 2.75) is 113 Å². The lowest BCUT2D eigenvalue weighted by molar-refractivity contribution is -0.136. The maximum absolute atomic E-state index is 13.0. The Balaban J connectivity index is 0.000000159. The van der Waals surface area contributed by atoms with E-state index in [1.807, 2.05) is 200 Å². The van der Waals surface area contributed by atoms with Crippen LogP contribution < -0.4 is 46.5 Å². The summed E-state index contributed by atoms with van der Waals surface area (Å²) in [5, 5.41) is 20.7. The van der Waals surface area contributed by atoms with Crippen molar-refractivity contribution in [3.05, 3.63) is 257 Å². The van der Waals surface area contributed by atoms with Crippen LogP contribution in [0.3, 0.4) is 0 Å². The molecule has 2 aliphatic rings. The van der Waals surface area contributed by atoms with Crippen LogP contribution in [-0.2, 0) is 27.3 Å². The minimum atomic E-state index is -0.256. The first-order valence-electron chi connectivity index (χ1n) is 39.2. The number of nitriles is 1. The van der Waals surface area contributed by atoms with Gasteiger partial charge < -0.3 is 56.4 Å². The number of hydrogen-bond donors (Lipinski definition) is 6. The van der Waals surface area contributed by atoms with Crippen molar-refractivity contribution in [2.75, 3.05) is 74.4 Å². The lowest BCUT2D eigenvalue weighted by Gasteiger charge is -2.35. The number of Topliss-reactive ketones (excluding diaryl/α,β-unsaturated/α-hetero) is 1. The molecule has 25 heteroatoms. The topological polar surface area (TPSA) is 328 Å². The number of aromatic amines is 1. The van der Waals surface area contributed by atoms with Crippen LogP contribution in [0.15, 0.2) is 201 Å². The number of ketones is 1. The lowest BCUT2D eigenvalue weighted by Crippen LogP contribution is -2.49. The summed E-state index contributed by atoms with van der Waals surface area (Å²) in [7, 11) is 5.26. The summed E-state index contributed by atoms with van der Waals surface area (Å²) < 4.78 is 16.6. The number of anilines is 6. The second kappa shape index (κ2) is 39.4. The zero-order valence-corrected chi connectivity index (χ0v) is 68.9. The molecule has 1 aliphatic carbocycles. The number of allylic oxidation sites excluding steroid dienone is 2. The number of fused-ring (bicyclic) bond motifs is 5. The van der Waals surface area contributed by atoms with E-state index in [0.717, 1.165) is 139 Å². The number of aromatic nitrogens is 8. The number of imidazole rings is 1. The van der Waals surface area contributed by atoms with Crippen molar-refractivity contribution in [1.82, 2.24) is 55.0 Å². The second-order valence-electron chi connectivity index (χ2n) is 30.0. The Hall–Kier alpha value is -13.9. The number of rotatable bonds is 23. The Bertz CT molecular complexity index is 5630. The summed E-state index contributed by atoms with van der Waals surface area (Å²) in [6, 6.07) is 53.5. The third-order valence-electron chi connectivity index (χ3n) is 20.4. The molecule has 0 spiro atoms. The molecule has 604 valence electrons. The predicted molar refractivity (Wildman–Crippen MR) is 466 cm³/mol. The molecule has 1 unspecified atom stereocenters. The molecule has 118 heavy (non-hydrogen) atoms. The zero-order chi connectivity index (χ0) is 84.3. The number of benzene rings is 7. The highest BCUT2D eigenvalue weighted by Crippen LogP contribution is 2.48. The van der Waals surface area contributed by atoms with Crippen molar-refractivity contribution in [2.24, 2.45) is 11.8 Å². The molecule has 8 N–H and O–H groups in total. The molecule has 0 saturated carbocycles. The number of nitrogens with two attached hydrogens (primary N) is 2. The summed E-state index contributed by atoms with van der Waals surface area (Å²) in [6.07, 6.45) is 11.3. The number of carbonyl (C=O) groups excluding carboxylic acids is 4. The molecular formula is C93H100N18O7. The minimum absolute atomic E-state index is 0.00444. The van der Waals surface area contributed by atoms with Crippen LogP contribution in [0.2, 0.25) is 0 Å². The third-order valence-corrected chi connectivity index (χ3v) is 20.4. The van der Waals surface area contributed by atoms with Crippen LogP contribution in [0.25, 0.3) is 66.0 Å². The normalized spacial score (nSPS) is 12.9. The van der Waals surface area contributed by atoms with Crippen molar-refractivity contribution in [3.63, 3.8) is 0 Å². The van der Waals surface area contributed by atoms with Gasteiger partial charge >= 0.3 is 0 Å². The number of hydrogen-bond acceptors (Lipinski definition) is 20. The summed E-state index contributed by atoms with van der Waals surface area (Å²) in [6.45, 7) is 30.7. The molecule has 1 saturated heterocycles. The maximum Gasteiger partial charge on any atom is 0.265 e. The van der Waals surface area contributed by atoms with E-state index in [-0.39, 0.29) is 72.0 Å². The van der Waals surface area contributed by atoms with E-state index in [1.54, 1.807) is 51.4 Å². The Morgan fingerprint density at radius 1 is 0.703 bits per heavy atom. The molecule has 6 heterocycles. The number of nitrogen functional groups attached to an aromatic ring is 2. The zero-order valence-electron chi connectivity index (χ0n) is 68.9. The number of carbonyl (C=O) groups is 4. The van der Waals surface area contributed by atoms with Gasteiger partial charge in [-0.15, -0.1) is 0 Å². The lowest BCUT2D eigenvalue weighted by atomic mass is 9.98. The van der Waals surface area contributed by atoms with Gasteiger partial charge in [-0.05, 0) is 181 Å². The van der Waals surface area contributed by atoms with Gasteiger partial charge in [-0.2, -0.15) is 4.98 Å². The maximum atomic E-state index is 13.0. The molecule has 14 rings (SSSR count). The standard InChI is InChI=1S/C32H35N7O2.C26H24N4O2.C19H19N3.C16H22N4O3/c1-22(2)31(41)39-17-15-38(16-18-39)21-24-7-9-25(10-8-24)30(40)35-27-11-6-23(3)29(19-27)37-32-34-14-12-28(36-32)26-5-4-13-33-20-26;1-15(2)22(31)10-11-23(32)30-25-17-7-4-3-6-16(17)24-18(25)8-5-9-19(24)26-28-20-12-13-27-14-21(20)29-26;1-13(2)22(5)18-9-8-16-10-15(6-7-17(16)11-18)14(3)19(12-20)21-4;1-9(2)23-14-12(21-3)6-10(7-13(14)22-4)5-11-8-19-16(18)20-15(11)17/h4-14,19-20,22H,15-18,21H2,1-3H3,(H,35,40)(H,34,36,37);3-9,12-15,25H,10-11H2,1-2H3,(H,28,29)(H,30,32);6-11,13H,1-3,5H3;6-9H,5H2,1-4H3,(H4,17,18,19,20)/b;;19-14+;. The number of methoxy groups -OCH3 is 2. The Morgan fingerprint density at radius 2 is 1.41 bits per heavy atom. The number of ether oxygens (including phenoxy) is 3. The van der Waals surface area contributed by atoms with Crippen molar-refractivity contribution < 1.29 is 33.4 Å². The van der Waals surface area contributed by atoms with Gasteiger partial charge in [0.25, 0.3) is 11.6 Å². The number of nitrogens with one attached hydrogen (secondary N) is 4. The molecule has 1 atom stereocenters. The van der Waals surface area contributed by atoms with Gasteiger partial charge in [0.2, 0.25) is 29.5 Å². The van der Waals surface area contributed by atoms with E-state index in [1.165, 1.54) is 5.69 Å². The smallest absolute Gasteiger partial charge is 0.265 e. The van der Waals surface area contributed by atoms with Crippen molar-refractivity contribution in [1.29, 1.82) is 5.26 Å². The third kappa shape index (κ3) is 21.3. The Labute approximate surface area is 688 Å². The number of amides is 3. The summed E-state index contributed by atoms with van der Waals surface area (Å²) in [5.41, 5.74) is 28.9. The highest BCUT2D eigenvalue weighted by atomic mass is 16.5. The van der Waals surface area contributed by atoms with Gasteiger partial charge in [-0.1, -0.05) is 107 Å². The van der Waals surface area contributed by atoms with Gasteiger partial charge in [0, 0.05) is 147 Å². The predicted octanol–water partition coefficient (Wildman–Crippen LogP) is 16.9. The highest BCUT2D eigenvalue weighted by Gasteiger charge is 2.33. The summed E-state index contributed by atoms with van der Waals surface area (Å²) in [5.74, 6) is 3.53. The average molecular weight is 1580 g/mol. The van der Waals surface area contributed by atoms with E-state index in [4.69, 9.17) is 42.5 Å². The van der Waals surface area contributed by atoms with Crippen LogP contribution >= 0.6 is 0 Å². The molecule has 0 radical (unpaired) electrons. The van der Waals surface area contributed by atoms with E-state index in [2.05, 4.69) is 111 Å². The molecule has 7 aromatic carbocycles. The first-order chi connectivity index (χ1) is 56.8. The number of aryl methyl sites for hydroxylation is 1. The van der Waals surface area contributed by atoms with E-state index in [0.29, 0.717) is 52.7 Å². The first-order valence-corrected chi connectivity index (χ1v) is 39.2. The Kier molecular flexibility index (Phi) is 28.4. The monoisotopic (exact) mass is 1580 g/mol. The minimum Gasteiger partial charge on any atom is -0.493 e. The van der Waals surface area contributed by atoms with Gasteiger partial charge in [-0.3, -0.25) is 34.0 Å². The fraction of sp³-hybridized carbons (Fsp3) is 0.280. The van der Waals surface area contributed by atoms with Gasteiger partial charge in [0.15, 0.2) is 11.5 Å². The number of nitrogens with zero attached hydrogens (tertiary/aromatic N) is 12. The SMILES string of the molecule is CC(C)C(=O)CCC(=O)NC1c2ccccc2-c2c(-c3nc4ccncc4[nH]3)cccc21.COc1cc(Cc2cnc(N)nc2N)cc(OC)c1OC(C)C.Cc1ccc(NC(=O)c2ccc(CN3CCN(C(=O)C(C)C)CC3)cc2)cc1Nc1nccc(-c2cccnc2)n1.[C-]#[N+]/C(C#N)=C(\C)c1ccc2cc(N(C)C(C)C)ccc2c1. The van der Waals surface area contributed by atoms with E-state index in [9.17, 15) is 19.2 Å². The quantitative estimate of drug-likeness (QED) is 0.0256. The van der Waals surface area contributed by atoms with Crippen molar-refractivity contribution >= 4 is 85.7 Å². The van der Waals surface area contributed by atoms with E-state index >= 15 is 0 Å². The number of pyridine rings is 2. The average Bonchev–Trinajstić information content (AvgIpc) is 1.59. The molecular weight excluding hydrogens is 1480 g/mol.